The van der Waals surface area contributed by atoms with Crippen LogP contribution in [0.2, 0.25) is 13.1 Å². The lowest BCUT2D eigenvalue weighted by atomic mass is 10.2. The lowest BCUT2D eigenvalue weighted by molar-refractivity contribution is 1.39. The third kappa shape index (κ3) is 1.35. The average molecular weight is 150 g/mol. The van der Waals surface area contributed by atoms with Gasteiger partial charge in [-0.15, -0.1) is 0 Å². The maximum absolute atomic E-state index is 2.33. The Morgan fingerprint density at radius 2 is 1.40 bits per heavy atom. The van der Waals surface area contributed by atoms with Crippen LogP contribution in [0.5, 0.6) is 0 Å². The van der Waals surface area contributed by atoms with Crippen molar-refractivity contribution in [2.45, 2.75) is 26.9 Å². The summed E-state index contributed by atoms with van der Waals surface area (Å²) in [6.07, 6.45) is 4.65. The molecular formula is C9H14Si. The number of allylic oxidation sites excluding steroid dienone is 4. The van der Waals surface area contributed by atoms with Crippen LogP contribution in [0.25, 0.3) is 0 Å². The van der Waals surface area contributed by atoms with Crippen molar-refractivity contribution in [1.82, 2.24) is 0 Å². The van der Waals surface area contributed by atoms with Crippen LogP contribution in [0.3, 0.4) is 0 Å². The van der Waals surface area contributed by atoms with Gasteiger partial charge in [-0.25, -0.2) is 0 Å². The van der Waals surface area contributed by atoms with Crippen LogP contribution in [0.15, 0.2) is 23.3 Å². The van der Waals surface area contributed by atoms with Crippen LogP contribution in [0.4, 0.5) is 0 Å². The second-order valence-corrected chi connectivity index (χ2v) is 5.69. The molecule has 1 rings (SSSR count). The van der Waals surface area contributed by atoms with Crippen LogP contribution in [0, 0.1) is 0 Å². The van der Waals surface area contributed by atoms with Crippen LogP contribution in [0.1, 0.15) is 13.8 Å². The molecule has 0 saturated carbocycles. The van der Waals surface area contributed by atoms with Gasteiger partial charge in [0.05, 0.1) is 0 Å². The normalized spacial score (nSPS) is 17.0. The average Bonchev–Trinajstić information content (AvgIpc) is 2.13. The molecule has 0 nitrogen and oxygen atoms in total. The van der Waals surface area contributed by atoms with Crippen LogP contribution < -0.4 is 0 Å². The zero-order valence-electron chi connectivity index (χ0n) is 7.15. The highest BCUT2D eigenvalue weighted by molar-refractivity contribution is 6.73. The van der Waals surface area contributed by atoms with E-state index in [-0.39, 0.29) is 8.41 Å². The highest BCUT2D eigenvalue weighted by Crippen LogP contribution is 2.15. The molecule has 10 heavy (non-hydrogen) atoms. The van der Waals surface area contributed by atoms with Crippen molar-refractivity contribution in [3.05, 3.63) is 23.3 Å². The summed E-state index contributed by atoms with van der Waals surface area (Å²) < 4.78 is 0. The number of rotatable bonds is 0. The van der Waals surface area contributed by atoms with Crippen LogP contribution in [-0.4, -0.2) is 13.6 Å². The minimum Gasteiger partial charge on any atom is -0.0566 e. The van der Waals surface area contributed by atoms with Gasteiger partial charge in [0.1, 0.15) is 0 Å². The van der Waals surface area contributed by atoms with Gasteiger partial charge in [-0.1, -0.05) is 25.2 Å². The van der Waals surface area contributed by atoms with E-state index in [0.717, 1.165) is 0 Å². The van der Waals surface area contributed by atoms with Crippen molar-refractivity contribution in [2.75, 3.05) is 0 Å². The molecule has 0 amide bonds. The van der Waals surface area contributed by atoms with Gasteiger partial charge in [-0.05, 0) is 30.2 Å². The fraction of sp³-hybridized carbons (Fsp3) is 0.444. The summed E-state index contributed by atoms with van der Waals surface area (Å²) in [5, 5.41) is 1.57. The van der Waals surface area contributed by atoms with Gasteiger partial charge in [0.2, 0.25) is 0 Å². The summed E-state index contributed by atoms with van der Waals surface area (Å²) in [5.41, 5.74) is 2.89. The van der Waals surface area contributed by atoms with E-state index in [2.05, 4.69) is 39.1 Å². The molecular weight excluding hydrogens is 136 g/mol. The van der Waals surface area contributed by atoms with E-state index in [1.165, 1.54) is 11.1 Å². The van der Waals surface area contributed by atoms with Gasteiger partial charge < -0.3 is 0 Å². The van der Waals surface area contributed by atoms with Crippen molar-refractivity contribution in [3.8, 4) is 0 Å². The van der Waals surface area contributed by atoms with Gasteiger partial charge in [0.25, 0.3) is 0 Å². The third-order valence-corrected chi connectivity index (χ3v) is 3.39. The van der Waals surface area contributed by atoms with Crippen LogP contribution in [-0.2, 0) is 0 Å². The number of hydrogen-bond acceptors (Lipinski definition) is 0. The van der Waals surface area contributed by atoms with E-state index >= 15 is 0 Å². The molecule has 0 bridgehead atoms. The SMILES string of the molecule is CC1=CC(=[Si](C)C)C=C1C. The molecule has 1 aliphatic rings. The highest BCUT2D eigenvalue weighted by Gasteiger charge is 2.04. The molecule has 54 valence electrons. The van der Waals surface area contributed by atoms with E-state index in [1.54, 1.807) is 5.17 Å². The second-order valence-electron chi connectivity index (χ2n) is 3.11. The molecule has 0 radical (unpaired) electrons. The first-order chi connectivity index (χ1) is 4.61. The van der Waals surface area contributed by atoms with E-state index in [9.17, 15) is 0 Å². The van der Waals surface area contributed by atoms with Gasteiger partial charge in [0.15, 0.2) is 0 Å². The lowest BCUT2D eigenvalue weighted by Gasteiger charge is -1.89. The quantitative estimate of drug-likeness (QED) is 0.465. The molecule has 0 saturated heterocycles. The molecule has 0 spiro atoms. The first kappa shape index (κ1) is 7.67. The Bertz CT molecular complexity index is 217. The Morgan fingerprint density at radius 3 is 1.60 bits per heavy atom. The Labute approximate surface area is 64.5 Å². The molecule has 0 fully saturated rings. The van der Waals surface area contributed by atoms with Gasteiger partial charge in [-0.2, -0.15) is 0 Å². The van der Waals surface area contributed by atoms with Gasteiger partial charge >= 0.3 is 0 Å². The van der Waals surface area contributed by atoms with Crippen molar-refractivity contribution in [1.29, 1.82) is 0 Å². The highest BCUT2D eigenvalue weighted by atomic mass is 28.2. The molecule has 0 atom stereocenters. The summed E-state index contributed by atoms with van der Waals surface area (Å²) in [7, 11) is -0.213. The van der Waals surface area contributed by atoms with Crippen LogP contribution >= 0.6 is 0 Å². The van der Waals surface area contributed by atoms with Crippen molar-refractivity contribution < 1.29 is 0 Å². The summed E-state index contributed by atoms with van der Waals surface area (Å²) in [4.78, 5) is 0. The molecule has 0 unspecified atom stereocenters. The zero-order chi connectivity index (χ0) is 7.72. The topological polar surface area (TPSA) is 0 Å². The minimum absolute atomic E-state index is 0.213. The number of hydrogen-bond donors (Lipinski definition) is 0. The maximum Gasteiger partial charge on any atom is 0.0128 e. The zero-order valence-corrected chi connectivity index (χ0v) is 8.15. The molecule has 0 N–H and O–H groups in total. The molecule has 1 aliphatic carbocycles. The molecule has 1 heteroatoms. The Hall–Kier alpha value is -0.433. The van der Waals surface area contributed by atoms with Gasteiger partial charge in [0, 0.05) is 8.41 Å². The Kier molecular flexibility index (Phi) is 2.04. The minimum atomic E-state index is -0.213. The maximum atomic E-state index is 2.33. The van der Waals surface area contributed by atoms with Crippen molar-refractivity contribution in [3.63, 3.8) is 0 Å². The summed E-state index contributed by atoms with van der Waals surface area (Å²) in [5.74, 6) is 0. The lowest BCUT2D eigenvalue weighted by Crippen LogP contribution is -2.00. The first-order valence-corrected chi connectivity index (χ1v) is 6.15. The molecule has 0 aromatic rings. The Balaban J connectivity index is 3.05. The standard InChI is InChI=1S/C9H14Si/c1-7-5-9(10(3)4)6-8(7)2/h5-6H,1-4H3. The van der Waals surface area contributed by atoms with Gasteiger partial charge in [-0.3, -0.25) is 0 Å². The summed E-state index contributed by atoms with van der Waals surface area (Å²) >= 11 is 0. The second kappa shape index (κ2) is 2.66. The third-order valence-electron chi connectivity index (χ3n) is 1.94. The smallest absolute Gasteiger partial charge is 0.0128 e. The first-order valence-electron chi connectivity index (χ1n) is 3.65. The summed E-state index contributed by atoms with van der Waals surface area (Å²) in [6.45, 7) is 9.03. The van der Waals surface area contributed by atoms with E-state index < -0.39 is 0 Å². The fourth-order valence-corrected chi connectivity index (χ4v) is 2.03. The molecule has 0 heterocycles. The van der Waals surface area contributed by atoms with E-state index in [4.69, 9.17) is 0 Å². The predicted octanol–water partition coefficient (Wildman–Crippen LogP) is 2.40. The van der Waals surface area contributed by atoms with E-state index in [0.29, 0.717) is 0 Å². The monoisotopic (exact) mass is 150 g/mol. The largest absolute Gasteiger partial charge is 0.0566 e. The Morgan fingerprint density at radius 1 is 1.00 bits per heavy atom. The van der Waals surface area contributed by atoms with Crippen molar-refractivity contribution >= 4 is 13.6 Å². The fourth-order valence-electron chi connectivity index (χ4n) is 1.02. The van der Waals surface area contributed by atoms with E-state index in [1.807, 2.05) is 0 Å². The molecule has 0 aromatic carbocycles. The molecule has 0 aliphatic heterocycles. The predicted molar refractivity (Wildman–Crippen MR) is 50.0 cm³/mol. The van der Waals surface area contributed by atoms with Crippen molar-refractivity contribution in [2.24, 2.45) is 0 Å². The summed E-state index contributed by atoms with van der Waals surface area (Å²) in [6, 6.07) is 0. The molecule has 0 aromatic heterocycles.